The van der Waals surface area contributed by atoms with E-state index in [-0.39, 0.29) is 11.8 Å². The molecule has 21 heavy (non-hydrogen) atoms. The van der Waals surface area contributed by atoms with Gasteiger partial charge < -0.3 is 10.0 Å². The normalized spacial score (nSPS) is 22.1. The van der Waals surface area contributed by atoms with Crippen molar-refractivity contribution in [2.24, 2.45) is 11.8 Å². The Balaban J connectivity index is 1.93. The first-order chi connectivity index (χ1) is 9.97. The van der Waals surface area contributed by atoms with E-state index in [2.05, 4.69) is 0 Å². The molecule has 1 aliphatic heterocycles. The van der Waals surface area contributed by atoms with Gasteiger partial charge in [0, 0.05) is 18.0 Å². The monoisotopic (exact) mass is 307 g/mol. The molecule has 2 unspecified atom stereocenters. The Morgan fingerprint density at radius 1 is 1.33 bits per heavy atom. The van der Waals surface area contributed by atoms with Crippen LogP contribution in [0.2, 0.25) is 0 Å². The minimum atomic E-state index is -0.800. The number of benzene rings is 1. The molecule has 2 atom stereocenters. The third-order valence-corrected chi connectivity index (χ3v) is 4.97. The molecule has 0 radical (unpaired) electrons. The molecule has 1 saturated heterocycles. The van der Waals surface area contributed by atoms with Crippen molar-refractivity contribution in [2.75, 3.05) is 18.8 Å². The average molecular weight is 307 g/mol. The van der Waals surface area contributed by atoms with Crippen LogP contribution >= 0.6 is 11.8 Å². The fraction of sp³-hybridized carbons (Fsp3) is 0.500. The van der Waals surface area contributed by atoms with Gasteiger partial charge in [-0.3, -0.25) is 9.59 Å². The van der Waals surface area contributed by atoms with E-state index >= 15 is 0 Å². The van der Waals surface area contributed by atoms with E-state index < -0.39 is 11.9 Å². The van der Waals surface area contributed by atoms with Crippen LogP contribution in [0.4, 0.5) is 0 Å². The van der Waals surface area contributed by atoms with E-state index in [1.807, 2.05) is 38.1 Å². The minimum Gasteiger partial charge on any atom is -0.481 e. The van der Waals surface area contributed by atoms with Crippen molar-refractivity contribution in [3.8, 4) is 0 Å². The van der Waals surface area contributed by atoms with Crippen molar-refractivity contribution >= 4 is 23.6 Å². The zero-order valence-corrected chi connectivity index (χ0v) is 13.2. The molecule has 2 rings (SSSR count). The quantitative estimate of drug-likeness (QED) is 0.869. The van der Waals surface area contributed by atoms with Crippen molar-refractivity contribution in [3.05, 3.63) is 29.8 Å². The molecule has 1 fully saturated rings. The zero-order chi connectivity index (χ0) is 15.4. The van der Waals surface area contributed by atoms with Crippen molar-refractivity contribution < 1.29 is 14.7 Å². The number of likely N-dealkylation sites (tertiary alicyclic amines) is 1. The molecule has 0 saturated carbocycles. The molecule has 1 aromatic carbocycles. The molecule has 0 spiro atoms. The zero-order valence-electron chi connectivity index (χ0n) is 12.4. The van der Waals surface area contributed by atoms with Gasteiger partial charge in [0.15, 0.2) is 0 Å². The summed E-state index contributed by atoms with van der Waals surface area (Å²) in [4.78, 5) is 26.3. The van der Waals surface area contributed by atoms with Crippen LogP contribution in [0, 0.1) is 18.8 Å². The highest BCUT2D eigenvalue weighted by Crippen LogP contribution is 2.25. The SMILES string of the molecule is Cc1ccccc1SCC(=O)N1CC(C)CC(C(=O)O)C1. The van der Waals surface area contributed by atoms with E-state index in [9.17, 15) is 9.59 Å². The molecular formula is C16H21NO3S. The van der Waals surface area contributed by atoms with Gasteiger partial charge in [-0.1, -0.05) is 25.1 Å². The Hall–Kier alpha value is -1.49. The van der Waals surface area contributed by atoms with Gasteiger partial charge in [0.25, 0.3) is 0 Å². The number of nitrogens with zero attached hydrogens (tertiary/aromatic N) is 1. The van der Waals surface area contributed by atoms with Crippen LogP contribution < -0.4 is 0 Å². The number of amides is 1. The second kappa shape index (κ2) is 6.98. The maximum Gasteiger partial charge on any atom is 0.308 e. The molecular weight excluding hydrogens is 286 g/mol. The number of thioether (sulfide) groups is 1. The topological polar surface area (TPSA) is 57.6 Å². The van der Waals surface area contributed by atoms with Crippen LogP contribution in [0.3, 0.4) is 0 Å². The van der Waals surface area contributed by atoms with Crippen LogP contribution in [-0.4, -0.2) is 40.7 Å². The lowest BCUT2D eigenvalue weighted by Crippen LogP contribution is -2.46. The summed E-state index contributed by atoms with van der Waals surface area (Å²) in [5.74, 6) is -0.593. The number of carbonyl (C=O) groups excluding carboxylic acids is 1. The molecule has 114 valence electrons. The molecule has 1 heterocycles. The van der Waals surface area contributed by atoms with Gasteiger partial charge in [-0.2, -0.15) is 0 Å². The van der Waals surface area contributed by atoms with Crippen molar-refractivity contribution in [3.63, 3.8) is 0 Å². The standard InChI is InChI=1S/C16H21NO3S/c1-11-7-13(16(19)20)9-17(8-11)15(18)10-21-14-6-4-3-5-12(14)2/h3-6,11,13H,7-10H2,1-2H3,(H,19,20). The predicted octanol–water partition coefficient (Wildman–Crippen LogP) is 2.66. The van der Waals surface area contributed by atoms with Crippen molar-refractivity contribution in [1.29, 1.82) is 0 Å². The van der Waals surface area contributed by atoms with Crippen molar-refractivity contribution in [1.82, 2.24) is 4.90 Å². The molecule has 0 aliphatic carbocycles. The predicted molar refractivity (Wildman–Crippen MR) is 83.4 cm³/mol. The summed E-state index contributed by atoms with van der Waals surface area (Å²) in [6.45, 7) is 5.03. The van der Waals surface area contributed by atoms with Gasteiger partial charge >= 0.3 is 5.97 Å². The summed E-state index contributed by atoms with van der Waals surface area (Å²) in [5, 5.41) is 9.16. The summed E-state index contributed by atoms with van der Waals surface area (Å²) in [7, 11) is 0. The number of hydrogen-bond donors (Lipinski definition) is 1. The molecule has 4 nitrogen and oxygen atoms in total. The summed E-state index contributed by atoms with van der Waals surface area (Å²) < 4.78 is 0. The Morgan fingerprint density at radius 2 is 2.05 bits per heavy atom. The number of aliphatic carboxylic acids is 1. The van der Waals surface area contributed by atoms with Gasteiger partial charge in [0.05, 0.1) is 11.7 Å². The summed E-state index contributed by atoms with van der Waals surface area (Å²) in [6, 6.07) is 7.97. The van der Waals surface area contributed by atoms with E-state index in [4.69, 9.17) is 5.11 Å². The fourth-order valence-electron chi connectivity index (χ4n) is 2.68. The largest absolute Gasteiger partial charge is 0.481 e. The Labute approximate surface area is 129 Å². The van der Waals surface area contributed by atoms with Crippen LogP contribution in [0.5, 0.6) is 0 Å². The number of hydrogen-bond acceptors (Lipinski definition) is 3. The highest BCUT2D eigenvalue weighted by Gasteiger charge is 2.31. The number of rotatable bonds is 4. The molecule has 1 aromatic rings. The molecule has 1 aliphatic rings. The molecule has 0 bridgehead atoms. The molecule has 1 amide bonds. The molecule has 0 aromatic heterocycles. The molecule has 1 N–H and O–H groups in total. The highest BCUT2D eigenvalue weighted by molar-refractivity contribution is 8.00. The van der Waals surface area contributed by atoms with Gasteiger partial charge in [-0.15, -0.1) is 11.8 Å². The van der Waals surface area contributed by atoms with E-state index in [0.29, 0.717) is 25.3 Å². The van der Waals surface area contributed by atoms with Gasteiger partial charge in [-0.05, 0) is 30.9 Å². The lowest BCUT2D eigenvalue weighted by molar-refractivity contribution is -0.146. The summed E-state index contributed by atoms with van der Waals surface area (Å²) in [5.41, 5.74) is 1.16. The van der Waals surface area contributed by atoms with E-state index in [1.54, 1.807) is 4.90 Å². The van der Waals surface area contributed by atoms with Crippen LogP contribution in [0.25, 0.3) is 0 Å². The van der Waals surface area contributed by atoms with Crippen molar-refractivity contribution in [2.45, 2.75) is 25.2 Å². The number of carboxylic acids is 1. The smallest absolute Gasteiger partial charge is 0.308 e. The van der Waals surface area contributed by atoms with Crippen LogP contribution in [0.1, 0.15) is 18.9 Å². The first-order valence-electron chi connectivity index (χ1n) is 7.16. The molecule has 5 heteroatoms. The first-order valence-corrected chi connectivity index (χ1v) is 8.15. The van der Waals surface area contributed by atoms with E-state index in [1.165, 1.54) is 11.8 Å². The lowest BCUT2D eigenvalue weighted by atomic mass is 9.90. The van der Waals surface area contributed by atoms with E-state index in [0.717, 1.165) is 10.5 Å². The Kier molecular flexibility index (Phi) is 5.28. The third kappa shape index (κ3) is 4.24. The van der Waals surface area contributed by atoms with Gasteiger partial charge in [0.1, 0.15) is 0 Å². The number of aryl methyl sites for hydroxylation is 1. The first kappa shape index (κ1) is 15.9. The number of piperidine rings is 1. The second-order valence-electron chi connectivity index (χ2n) is 5.73. The Bertz CT molecular complexity index is 532. The van der Waals surface area contributed by atoms with Crippen LogP contribution in [-0.2, 0) is 9.59 Å². The minimum absolute atomic E-state index is 0.0288. The van der Waals surface area contributed by atoms with Crippen LogP contribution in [0.15, 0.2) is 29.2 Å². The number of carboxylic acid groups (broad SMARTS) is 1. The maximum atomic E-state index is 12.3. The third-order valence-electron chi connectivity index (χ3n) is 3.81. The Morgan fingerprint density at radius 3 is 2.71 bits per heavy atom. The number of carbonyl (C=O) groups is 2. The average Bonchev–Trinajstić information content (AvgIpc) is 2.45. The summed E-state index contributed by atoms with van der Waals surface area (Å²) in [6.07, 6.45) is 0.657. The van der Waals surface area contributed by atoms with Gasteiger partial charge in [-0.25, -0.2) is 0 Å². The summed E-state index contributed by atoms with van der Waals surface area (Å²) >= 11 is 1.52. The fourth-order valence-corrected chi connectivity index (χ4v) is 3.62. The lowest BCUT2D eigenvalue weighted by Gasteiger charge is -2.34. The highest BCUT2D eigenvalue weighted by atomic mass is 32.2. The maximum absolute atomic E-state index is 12.3. The second-order valence-corrected chi connectivity index (χ2v) is 6.75. The van der Waals surface area contributed by atoms with Gasteiger partial charge in [0.2, 0.25) is 5.91 Å².